The van der Waals surface area contributed by atoms with Gasteiger partial charge in [-0.3, -0.25) is 4.90 Å². The number of likely N-dealkylation sites (tertiary alicyclic amines) is 1. The molecule has 1 aliphatic heterocycles. The molecule has 3 aromatic rings. The lowest BCUT2D eigenvalue weighted by Gasteiger charge is -2.25. The number of rotatable bonds is 7. The van der Waals surface area contributed by atoms with Crippen LogP contribution in [0.15, 0.2) is 18.2 Å². The second-order valence-electron chi connectivity index (χ2n) is 8.41. The summed E-state index contributed by atoms with van der Waals surface area (Å²) in [7, 11) is 3.33. The first-order valence-corrected chi connectivity index (χ1v) is 12.0. The third kappa shape index (κ3) is 4.21. The molecular formula is C24H30N4O2S. The fourth-order valence-electron chi connectivity index (χ4n) is 4.73. The summed E-state index contributed by atoms with van der Waals surface area (Å²) < 4.78 is 10.8. The van der Waals surface area contributed by atoms with Gasteiger partial charge < -0.3 is 14.8 Å². The highest BCUT2D eigenvalue weighted by atomic mass is 32.1. The number of thiophene rings is 1. The van der Waals surface area contributed by atoms with Crippen molar-refractivity contribution in [3.8, 4) is 11.5 Å². The summed E-state index contributed by atoms with van der Waals surface area (Å²) in [6, 6.07) is 6.05. The van der Waals surface area contributed by atoms with E-state index >= 15 is 0 Å². The topological polar surface area (TPSA) is 59.5 Å². The van der Waals surface area contributed by atoms with E-state index in [1.54, 1.807) is 14.2 Å². The van der Waals surface area contributed by atoms with E-state index in [9.17, 15) is 0 Å². The Morgan fingerprint density at radius 2 is 1.84 bits per heavy atom. The third-order valence-electron chi connectivity index (χ3n) is 6.33. The molecule has 1 saturated heterocycles. The number of aryl methyl sites for hydroxylation is 2. The molecule has 6 nitrogen and oxygen atoms in total. The van der Waals surface area contributed by atoms with Crippen molar-refractivity contribution in [3.63, 3.8) is 0 Å². The number of hydrogen-bond donors (Lipinski definition) is 1. The van der Waals surface area contributed by atoms with Crippen molar-refractivity contribution in [2.45, 2.75) is 51.6 Å². The Morgan fingerprint density at radius 1 is 1.00 bits per heavy atom. The SMILES string of the molecule is COc1ccc(CNc2nc(CN3CCCCC3)nc3sc4c(c23)CCC4)cc1OC. The molecule has 2 aliphatic rings. The van der Waals surface area contributed by atoms with Gasteiger partial charge in [0.25, 0.3) is 0 Å². The van der Waals surface area contributed by atoms with E-state index in [0.717, 1.165) is 59.6 Å². The van der Waals surface area contributed by atoms with E-state index in [4.69, 9.17) is 19.4 Å². The Labute approximate surface area is 187 Å². The molecule has 2 aromatic heterocycles. The number of aromatic nitrogens is 2. The van der Waals surface area contributed by atoms with E-state index in [2.05, 4.69) is 16.3 Å². The van der Waals surface area contributed by atoms with Crippen molar-refractivity contribution in [2.75, 3.05) is 32.6 Å². The molecule has 31 heavy (non-hydrogen) atoms. The van der Waals surface area contributed by atoms with Gasteiger partial charge in [-0.1, -0.05) is 12.5 Å². The van der Waals surface area contributed by atoms with E-state index in [0.29, 0.717) is 6.54 Å². The number of nitrogens with zero attached hydrogens (tertiary/aromatic N) is 3. The van der Waals surface area contributed by atoms with Gasteiger partial charge in [-0.2, -0.15) is 0 Å². The number of anilines is 1. The molecule has 164 valence electrons. The van der Waals surface area contributed by atoms with Crippen LogP contribution in [0.25, 0.3) is 10.2 Å². The van der Waals surface area contributed by atoms with Crippen LogP contribution in [0.1, 0.15) is 47.5 Å². The number of hydrogen-bond acceptors (Lipinski definition) is 7. The summed E-state index contributed by atoms with van der Waals surface area (Å²) >= 11 is 1.86. The highest BCUT2D eigenvalue weighted by molar-refractivity contribution is 7.19. The molecule has 0 spiro atoms. The molecule has 5 rings (SSSR count). The number of nitrogens with one attached hydrogen (secondary N) is 1. The fourth-order valence-corrected chi connectivity index (χ4v) is 6.01. The van der Waals surface area contributed by atoms with Crippen LogP contribution in [0.4, 0.5) is 5.82 Å². The second kappa shape index (κ2) is 9.01. The minimum absolute atomic E-state index is 0.681. The number of benzene rings is 1. The molecule has 1 aromatic carbocycles. The molecule has 0 atom stereocenters. The molecule has 0 bridgehead atoms. The maximum absolute atomic E-state index is 5.47. The zero-order chi connectivity index (χ0) is 21.2. The largest absolute Gasteiger partial charge is 0.493 e. The quantitative estimate of drug-likeness (QED) is 0.572. The van der Waals surface area contributed by atoms with Crippen LogP contribution in [0.2, 0.25) is 0 Å². The Kier molecular flexibility index (Phi) is 5.96. The van der Waals surface area contributed by atoms with Gasteiger partial charge in [-0.25, -0.2) is 9.97 Å². The number of methoxy groups -OCH3 is 2. The van der Waals surface area contributed by atoms with Crippen LogP contribution in [0.5, 0.6) is 11.5 Å². The second-order valence-corrected chi connectivity index (χ2v) is 9.49. The molecule has 0 unspecified atom stereocenters. The first-order valence-electron chi connectivity index (χ1n) is 11.2. The predicted molar refractivity (Wildman–Crippen MR) is 125 cm³/mol. The van der Waals surface area contributed by atoms with Crippen molar-refractivity contribution >= 4 is 27.4 Å². The fraction of sp³-hybridized carbons (Fsp3) is 0.500. The standard InChI is InChI=1S/C24H30N4O2S/c1-29-18-10-9-16(13-19(18)30-2)14-25-23-22-17-7-6-8-20(17)31-24(22)27-21(26-23)15-28-11-4-3-5-12-28/h9-10,13H,3-8,11-12,14-15H2,1-2H3,(H,25,26,27). The van der Waals surface area contributed by atoms with Crippen molar-refractivity contribution < 1.29 is 9.47 Å². The summed E-state index contributed by atoms with van der Waals surface area (Å²) in [5, 5.41) is 4.86. The van der Waals surface area contributed by atoms with Crippen LogP contribution in [-0.4, -0.2) is 42.2 Å². The average molecular weight is 439 g/mol. The van der Waals surface area contributed by atoms with Gasteiger partial charge in [-0.05, 0) is 68.5 Å². The van der Waals surface area contributed by atoms with Crippen LogP contribution < -0.4 is 14.8 Å². The van der Waals surface area contributed by atoms with Crippen molar-refractivity contribution in [1.29, 1.82) is 0 Å². The van der Waals surface area contributed by atoms with Crippen molar-refractivity contribution in [1.82, 2.24) is 14.9 Å². The normalized spacial score (nSPS) is 16.5. The van der Waals surface area contributed by atoms with Gasteiger partial charge >= 0.3 is 0 Å². The predicted octanol–water partition coefficient (Wildman–Crippen LogP) is 4.80. The molecule has 0 saturated carbocycles. The number of ether oxygens (including phenoxy) is 2. The molecule has 1 N–H and O–H groups in total. The summed E-state index contributed by atoms with van der Waals surface area (Å²) in [6.45, 7) is 3.82. The zero-order valence-corrected chi connectivity index (χ0v) is 19.2. The average Bonchev–Trinajstić information content (AvgIpc) is 3.39. The van der Waals surface area contributed by atoms with Crippen molar-refractivity contribution in [3.05, 3.63) is 40.0 Å². The molecule has 3 heterocycles. The highest BCUT2D eigenvalue weighted by Crippen LogP contribution is 2.40. The Morgan fingerprint density at radius 3 is 2.65 bits per heavy atom. The summed E-state index contributed by atoms with van der Waals surface area (Å²) in [5.41, 5.74) is 2.59. The van der Waals surface area contributed by atoms with Gasteiger partial charge in [0.2, 0.25) is 0 Å². The van der Waals surface area contributed by atoms with E-state index in [1.807, 2.05) is 23.5 Å². The Bertz CT molecular complexity index is 1080. The molecular weight excluding hydrogens is 408 g/mol. The van der Waals surface area contributed by atoms with E-state index in [1.165, 1.54) is 47.9 Å². The van der Waals surface area contributed by atoms with Gasteiger partial charge in [0.1, 0.15) is 16.5 Å². The van der Waals surface area contributed by atoms with Gasteiger partial charge in [0, 0.05) is 11.4 Å². The molecule has 7 heteroatoms. The number of fused-ring (bicyclic) bond motifs is 3. The van der Waals surface area contributed by atoms with Crippen molar-refractivity contribution in [2.24, 2.45) is 0 Å². The summed E-state index contributed by atoms with van der Waals surface area (Å²) in [4.78, 5) is 15.1. The maximum Gasteiger partial charge on any atom is 0.161 e. The zero-order valence-electron chi connectivity index (χ0n) is 18.4. The van der Waals surface area contributed by atoms with Gasteiger partial charge in [0.15, 0.2) is 11.5 Å². The van der Waals surface area contributed by atoms with E-state index in [-0.39, 0.29) is 0 Å². The molecule has 1 aliphatic carbocycles. The number of piperidine rings is 1. The van der Waals surface area contributed by atoms with E-state index < -0.39 is 0 Å². The lowest BCUT2D eigenvalue weighted by molar-refractivity contribution is 0.216. The lowest BCUT2D eigenvalue weighted by atomic mass is 10.1. The monoisotopic (exact) mass is 438 g/mol. The smallest absolute Gasteiger partial charge is 0.161 e. The highest BCUT2D eigenvalue weighted by Gasteiger charge is 2.23. The van der Waals surface area contributed by atoms with Crippen LogP contribution in [-0.2, 0) is 25.9 Å². The molecule has 0 radical (unpaired) electrons. The maximum atomic E-state index is 5.47. The molecule has 1 fully saturated rings. The van der Waals surface area contributed by atoms with Crippen LogP contribution in [0, 0.1) is 0 Å². The minimum Gasteiger partial charge on any atom is -0.493 e. The Balaban J connectivity index is 1.44. The summed E-state index contributed by atoms with van der Waals surface area (Å²) in [5.74, 6) is 3.40. The first kappa shape index (κ1) is 20.5. The molecule has 0 amide bonds. The lowest BCUT2D eigenvalue weighted by Crippen LogP contribution is -2.30. The first-order chi connectivity index (χ1) is 15.2. The third-order valence-corrected chi connectivity index (χ3v) is 7.52. The van der Waals surface area contributed by atoms with Gasteiger partial charge in [0.05, 0.1) is 26.2 Å². The minimum atomic E-state index is 0.681. The van der Waals surface area contributed by atoms with Gasteiger partial charge in [-0.15, -0.1) is 11.3 Å². The van der Waals surface area contributed by atoms with Crippen LogP contribution in [0.3, 0.4) is 0 Å². The summed E-state index contributed by atoms with van der Waals surface area (Å²) in [6.07, 6.45) is 7.44. The van der Waals surface area contributed by atoms with Crippen LogP contribution >= 0.6 is 11.3 Å². The Hall–Kier alpha value is -2.38.